The Morgan fingerprint density at radius 2 is 1.56 bits per heavy atom. The second-order valence-corrected chi connectivity index (χ2v) is 7.88. The summed E-state index contributed by atoms with van der Waals surface area (Å²) in [4.78, 5) is 27.8. The van der Waals surface area contributed by atoms with E-state index in [2.05, 4.69) is 0 Å². The average Bonchev–Trinajstić information content (AvgIpc) is 3.05. The molecule has 3 aromatic rings. The highest BCUT2D eigenvalue weighted by Gasteiger charge is 2.47. The number of ether oxygens (including phenoxy) is 1. The zero-order valence-corrected chi connectivity index (χ0v) is 18.3. The number of carbonyl (C=O) groups excluding carboxylic acids is 2. The van der Waals surface area contributed by atoms with Gasteiger partial charge in [0.1, 0.15) is 11.5 Å². The fourth-order valence-electron chi connectivity index (χ4n) is 3.93. The van der Waals surface area contributed by atoms with E-state index in [0.29, 0.717) is 29.2 Å². The number of Topliss-reactive ketones (excluding diaryl/α,β-unsaturated/α-hetero) is 1. The molecule has 5 heteroatoms. The summed E-state index contributed by atoms with van der Waals surface area (Å²) in [7, 11) is 0. The maximum Gasteiger partial charge on any atom is 0.300 e. The van der Waals surface area contributed by atoms with Crippen molar-refractivity contribution in [2.24, 2.45) is 0 Å². The van der Waals surface area contributed by atoms with Crippen LogP contribution in [-0.4, -0.2) is 23.4 Å². The number of hydrogen-bond donors (Lipinski definition) is 1. The number of aliphatic hydroxyl groups excluding tert-OH is 1. The zero-order chi connectivity index (χ0) is 22.8. The minimum Gasteiger partial charge on any atom is -0.507 e. The van der Waals surface area contributed by atoms with Gasteiger partial charge in [-0.25, -0.2) is 0 Å². The molecule has 0 aliphatic carbocycles. The van der Waals surface area contributed by atoms with Gasteiger partial charge in [0.05, 0.1) is 18.2 Å². The molecule has 1 unspecified atom stereocenters. The monoisotopic (exact) mass is 427 g/mol. The number of aryl methyl sites for hydroxylation is 2. The molecule has 162 valence electrons. The second kappa shape index (κ2) is 8.71. The van der Waals surface area contributed by atoms with Gasteiger partial charge >= 0.3 is 0 Å². The standard InChI is InChI=1S/C27H25NO4/c1-4-32-22-7-5-6-20(16-22)24-23(25(29)19-12-8-17(2)9-13-19)26(30)27(31)28(24)21-14-10-18(3)11-15-21/h5-16,24,29H,4H2,1-3H3/b25-23-. The number of amides is 1. The van der Waals surface area contributed by atoms with Crippen LogP contribution in [0.3, 0.4) is 0 Å². The highest BCUT2D eigenvalue weighted by atomic mass is 16.5. The fourth-order valence-corrected chi connectivity index (χ4v) is 3.93. The first kappa shape index (κ1) is 21.4. The van der Waals surface area contributed by atoms with Crippen LogP contribution in [-0.2, 0) is 9.59 Å². The van der Waals surface area contributed by atoms with E-state index in [1.807, 2.05) is 81.4 Å². The lowest BCUT2D eigenvalue weighted by Crippen LogP contribution is -2.29. The van der Waals surface area contributed by atoms with Crippen LogP contribution in [0.25, 0.3) is 5.76 Å². The van der Waals surface area contributed by atoms with E-state index in [0.717, 1.165) is 11.1 Å². The van der Waals surface area contributed by atoms with Crippen molar-refractivity contribution >= 4 is 23.1 Å². The smallest absolute Gasteiger partial charge is 0.300 e. The molecule has 0 radical (unpaired) electrons. The normalized spacial score (nSPS) is 17.6. The van der Waals surface area contributed by atoms with Crippen LogP contribution in [0, 0.1) is 13.8 Å². The maximum absolute atomic E-state index is 13.2. The number of ketones is 1. The molecule has 1 aliphatic rings. The van der Waals surface area contributed by atoms with E-state index in [9.17, 15) is 14.7 Å². The molecule has 1 heterocycles. The number of carbonyl (C=O) groups is 2. The predicted molar refractivity (Wildman–Crippen MR) is 125 cm³/mol. The Hall–Kier alpha value is -3.86. The molecule has 1 atom stereocenters. The van der Waals surface area contributed by atoms with Gasteiger partial charge < -0.3 is 9.84 Å². The van der Waals surface area contributed by atoms with Gasteiger partial charge in [0.15, 0.2) is 0 Å². The van der Waals surface area contributed by atoms with Crippen molar-refractivity contribution in [2.75, 3.05) is 11.5 Å². The van der Waals surface area contributed by atoms with Gasteiger partial charge in [0, 0.05) is 11.3 Å². The van der Waals surface area contributed by atoms with Gasteiger partial charge in [-0.05, 0) is 50.6 Å². The molecule has 1 amide bonds. The molecular weight excluding hydrogens is 402 g/mol. The number of anilines is 1. The minimum atomic E-state index is -0.778. The third-order valence-corrected chi connectivity index (χ3v) is 5.57. The van der Waals surface area contributed by atoms with Crippen molar-refractivity contribution < 1.29 is 19.4 Å². The van der Waals surface area contributed by atoms with E-state index in [1.165, 1.54) is 4.90 Å². The quantitative estimate of drug-likeness (QED) is 0.340. The molecule has 0 bridgehead atoms. The van der Waals surface area contributed by atoms with Gasteiger partial charge in [0.2, 0.25) is 0 Å². The summed E-state index contributed by atoms with van der Waals surface area (Å²) in [5, 5.41) is 11.2. The Morgan fingerprint density at radius 1 is 0.938 bits per heavy atom. The van der Waals surface area contributed by atoms with Crippen molar-refractivity contribution in [3.05, 3.63) is 101 Å². The lowest BCUT2D eigenvalue weighted by atomic mass is 9.94. The van der Waals surface area contributed by atoms with Crippen molar-refractivity contribution in [3.63, 3.8) is 0 Å². The Bertz CT molecular complexity index is 1190. The van der Waals surface area contributed by atoms with E-state index in [1.54, 1.807) is 12.1 Å². The van der Waals surface area contributed by atoms with Gasteiger partial charge in [-0.3, -0.25) is 14.5 Å². The molecule has 32 heavy (non-hydrogen) atoms. The van der Waals surface area contributed by atoms with Gasteiger partial charge in [-0.15, -0.1) is 0 Å². The van der Waals surface area contributed by atoms with Crippen molar-refractivity contribution in [2.45, 2.75) is 26.8 Å². The molecule has 1 aliphatic heterocycles. The molecule has 3 aromatic carbocycles. The van der Waals surface area contributed by atoms with E-state index in [4.69, 9.17) is 4.74 Å². The first-order valence-electron chi connectivity index (χ1n) is 10.6. The molecule has 0 aromatic heterocycles. The SMILES string of the molecule is CCOc1cccc(C2/C(=C(/O)c3ccc(C)cc3)C(=O)C(=O)N2c2ccc(C)cc2)c1. The Morgan fingerprint density at radius 3 is 2.19 bits per heavy atom. The van der Waals surface area contributed by atoms with Crippen molar-refractivity contribution in [3.8, 4) is 5.75 Å². The van der Waals surface area contributed by atoms with E-state index < -0.39 is 17.7 Å². The summed E-state index contributed by atoms with van der Waals surface area (Å²) < 4.78 is 5.64. The summed E-state index contributed by atoms with van der Waals surface area (Å²) in [5.41, 5.74) is 3.90. The summed E-state index contributed by atoms with van der Waals surface area (Å²) >= 11 is 0. The second-order valence-electron chi connectivity index (χ2n) is 7.88. The molecule has 1 saturated heterocycles. The summed E-state index contributed by atoms with van der Waals surface area (Å²) in [6.07, 6.45) is 0. The van der Waals surface area contributed by atoms with Crippen LogP contribution in [0.4, 0.5) is 5.69 Å². The van der Waals surface area contributed by atoms with Crippen LogP contribution >= 0.6 is 0 Å². The van der Waals surface area contributed by atoms with Crippen molar-refractivity contribution in [1.29, 1.82) is 0 Å². The van der Waals surface area contributed by atoms with Crippen LogP contribution < -0.4 is 9.64 Å². The van der Waals surface area contributed by atoms with Gasteiger partial charge in [-0.2, -0.15) is 0 Å². The largest absolute Gasteiger partial charge is 0.507 e. The first-order chi connectivity index (χ1) is 15.4. The lowest BCUT2D eigenvalue weighted by Gasteiger charge is -2.26. The molecule has 0 spiro atoms. The minimum absolute atomic E-state index is 0.0630. The summed E-state index contributed by atoms with van der Waals surface area (Å²) in [5.74, 6) is -0.940. The Labute approximate surface area is 187 Å². The highest BCUT2D eigenvalue weighted by Crippen LogP contribution is 2.42. The van der Waals surface area contributed by atoms with Crippen LogP contribution in [0.2, 0.25) is 0 Å². The lowest BCUT2D eigenvalue weighted by molar-refractivity contribution is -0.132. The topological polar surface area (TPSA) is 66.8 Å². The number of nitrogens with zero attached hydrogens (tertiary/aromatic N) is 1. The first-order valence-corrected chi connectivity index (χ1v) is 10.6. The Balaban J connectivity index is 1.93. The number of aliphatic hydroxyl groups is 1. The molecule has 5 nitrogen and oxygen atoms in total. The maximum atomic E-state index is 13.2. The highest BCUT2D eigenvalue weighted by molar-refractivity contribution is 6.51. The van der Waals surface area contributed by atoms with E-state index in [-0.39, 0.29) is 11.3 Å². The molecule has 0 saturated carbocycles. The summed E-state index contributed by atoms with van der Waals surface area (Å²) in [6.45, 7) is 6.28. The van der Waals surface area contributed by atoms with Crippen LogP contribution in [0.5, 0.6) is 5.75 Å². The number of rotatable bonds is 5. The Kier molecular flexibility index (Phi) is 5.82. The third-order valence-electron chi connectivity index (χ3n) is 5.57. The molecule has 4 rings (SSSR count). The van der Waals surface area contributed by atoms with Gasteiger partial charge in [0.25, 0.3) is 11.7 Å². The number of benzene rings is 3. The van der Waals surface area contributed by atoms with Crippen LogP contribution in [0.1, 0.15) is 35.2 Å². The fraction of sp³-hybridized carbons (Fsp3) is 0.185. The van der Waals surface area contributed by atoms with Crippen molar-refractivity contribution in [1.82, 2.24) is 0 Å². The number of hydrogen-bond acceptors (Lipinski definition) is 4. The third kappa shape index (κ3) is 3.89. The van der Waals surface area contributed by atoms with Crippen LogP contribution in [0.15, 0.2) is 78.4 Å². The molecular formula is C27H25NO4. The van der Waals surface area contributed by atoms with E-state index >= 15 is 0 Å². The average molecular weight is 428 g/mol. The molecule has 1 N–H and O–H groups in total. The molecule has 1 fully saturated rings. The zero-order valence-electron chi connectivity index (χ0n) is 18.3. The predicted octanol–water partition coefficient (Wildman–Crippen LogP) is 5.33. The van der Waals surface area contributed by atoms with Gasteiger partial charge in [-0.1, -0.05) is 59.7 Å². The summed E-state index contributed by atoms with van der Waals surface area (Å²) in [6, 6.07) is 21.1.